The van der Waals surface area contributed by atoms with Crippen molar-refractivity contribution in [3.8, 4) is 11.8 Å². The van der Waals surface area contributed by atoms with Crippen LogP contribution in [0.5, 0.6) is 5.75 Å². The van der Waals surface area contributed by atoms with Crippen molar-refractivity contribution in [2.45, 2.75) is 29.0 Å². The molecular formula is C19H19NO4S2. The average molecular weight is 389 g/mol. The van der Waals surface area contributed by atoms with Gasteiger partial charge in [-0.3, -0.25) is 0 Å². The summed E-state index contributed by atoms with van der Waals surface area (Å²) >= 11 is 5.85. The first-order valence-electron chi connectivity index (χ1n) is 8.10. The maximum Gasteiger partial charge on any atom is 0.148 e. The summed E-state index contributed by atoms with van der Waals surface area (Å²) in [5.74, 6) is 0.812. The number of thiol groups is 1. The van der Waals surface area contributed by atoms with Crippen LogP contribution in [0.25, 0.3) is 0 Å². The summed E-state index contributed by atoms with van der Waals surface area (Å²) in [6, 6.07) is 15.7. The van der Waals surface area contributed by atoms with Crippen molar-refractivity contribution >= 4 is 24.4 Å². The standard InChI is InChI=1S/C19H19NO4S2/c20-9-11-5-7-12(8-6-11)16(22)13-3-1-2-4-15(13)24-18-17(23)14(21)10-26-19(18)25/h1-8,14,16-19,21-23,25H,10H2/t14-,16?,17+,18-,19-/m1/s1. The zero-order valence-electron chi connectivity index (χ0n) is 13.8. The van der Waals surface area contributed by atoms with E-state index in [1.165, 1.54) is 11.8 Å². The Bertz CT molecular complexity index is 793. The van der Waals surface area contributed by atoms with Crippen LogP contribution in [0.4, 0.5) is 0 Å². The number of nitrogens with zero attached hydrogens (tertiary/aromatic N) is 1. The lowest BCUT2D eigenvalue weighted by Crippen LogP contribution is -2.50. The number of rotatable bonds is 4. The third-order valence-corrected chi connectivity index (χ3v) is 6.17. The molecule has 1 aliphatic heterocycles. The molecule has 3 N–H and O–H groups in total. The molecule has 136 valence electrons. The first-order valence-corrected chi connectivity index (χ1v) is 9.67. The summed E-state index contributed by atoms with van der Waals surface area (Å²) in [4.78, 5) is 0. The molecule has 1 fully saturated rings. The van der Waals surface area contributed by atoms with Crippen molar-refractivity contribution in [2.75, 3.05) is 5.75 Å². The van der Waals surface area contributed by atoms with Crippen molar-refractivity contribution in [2.24, 2.45) is 0 Å². The van der Waals surface area contributed by atoms with Gasteiger partial charge >= 0.3 is 0 Å². The number of aliphatic hydroxyl groups excluding tert-OH is 3. The molecule has 0 saturated carbocycles. The van der Waals surface area contributed by atoms with E-state index < -0.39 is 24.4 Å². The van der Waals surface area contributed by atoms with Gasteiger partial charge < -0.3 is 20.1 Å². The lowest BCUT2D eigenvalue weighted by Gasteiger charge is -2.36. The topological polar surface area (TPSA) is 93.7 Å². The number of hydrogen-bond acceptors (Lipinski definition) is 7. The summed E-state index contributed by atoms with van der Waals surface area (Å²) in [6.45, 7) is 0. The van der Waals surface area contributed by atoms with Gasteiger partial charge in [-0.2, -0.15) is 17.9 Å². The molecule has 5 nitrogen and oxygen atoms in total. The predicted octanol–water partition coefficient (Wildman–Crippen LogP) is 2.11. The van der Waals surface area contributed by atoms with E-state index in [9.17, 15) is 15.3 Å². The van der Waals surface area contributed by atoms with Crippen molar-refractivity contribution in [3.05, 3.63) is 65.2 Å². The van der Waals surface area contributed by atoms with Gasteiger partial charge in [0.1, 0.15) is 24.1 Å². The summed E-state index contributed by atoms with van der Waals surface area (Å²) in [5.41, 5.74) is 1.68. The summed E-state index contributed by atoms with van der Waals surface area (Å²) in [6.07, 6.45) is -3.60. The Morgan fingerprint density at radius 1 is 1.15 bits per heavy atom. The Balaban J connectivity index is 1.86. The van der Waals surface area contributed by atoms with Gasteiger partial charge in [0.15, 0.2) is 0 Å². The van der Waals surface area contributed by atoms with Crippen LogP contribution >= 0.6 is 24.4 Å². The predicted molar refractivity (Wildman–Crippen MR) is 103 cm³/mol. The molecule has 0 amide bonds. The second-order valence-corrected chi connectivity index (χ2v) is 8.12. The molecule has 26 heavy (non-hydrogen) atoms. The Kier molecular flexibility index (Phi) is 6.12. The third-order valence-electron chi connectivity index (χ3n) is 4.28. The monoisotopic (exact) mass is 389 g/mol. The molecule has 0 spiro atoms. The second kappa shape index (κ2) is 8.33. The fraction of sp³-hybridized carbons (Fsp3) is 0.316. The Morgan fingerprint density at radius 3 is 2.54 bits per heavy atom. The largest absolute Gasteiger partial charge is 0.485 e. The molecule has 0 radical (unpaired) electrons. The van der Waals surface area contributed by atoms with Gasteiger partial charge in [-0.25, -0.2) is 0 Å². The molecule has 0 aliphatic carbocycles. The molecule has 1 saturated heterocycles. The first kappa shape index (κ1) is 19.1. The lowest BCUT2D eigenvalue weighted by atomic mass is 9.99. The smallest absolute Gasteiger partial charge is 0.148 e. The molecule has 2 aromatic rings. The maximum atomic E-state index is 10.8. The number of nitriles is 1. The highest BCUT2D eigenvalue weighted by molar-refractivity contribution is 8.10. The second-order valence-electron chi connectivity index (χ2n) is 6.04. The van der Waals surface area contributed by atoms with E-state index in [0.717, 1.165) is 0 Å². The summed E-state index contributed by atoms with van der Waals surface area (Å²) in [7, 11) is 0. The van der Waals surface area contributed by atoms with Crippen LogP contribution in [0, 0.1) is 11.3 Å². The van der Waals surface area contributed by atoms with Crippen molar-refractivity contribution < 1.29 is 20.1 Å². The maximum absolute atomic E-state index is 10.8. The normalized spacial score (nSPS) is 26.7. The molecule has 1 aliphatic rings. The van der Waals surface area contributed by atoms with E-state index in [2.05, 4.69) is 12.6 Å². The highest BCUT2D eigenvalue weighted by Gasteiger charge is 2.39. The van der Waals surface area contributed by atoms with Crippen LogP contribution in [0.1, 0.15) is 22.8 Å². The van der Waals surface area contributed by atoms with Crippen LogP contribution in [-0.4, -0.2) is 44.0 Å². The van der Waals surface area contributed by atoms with E-state index in [1.807, 2.05) is 6.07 Å². The number of aliphatic hydroxyl groups is 3. The highest BCUT2D eigenvalue weighted by atomic mass is 32.2. The van der Waals surface area contributed by atoms with E-state index in [1.54, 1.807) is 48.5 Å². The molecule has 0 bridgehead atoms. The third kappa shape index (κ3) is 4.00. The minimum atomic E-state index is -1.06. The van der Waals surface area contributed by atoms with Crippen molar-refractivity contribution in [1.82, 2.24) is 0 Å². The fourth-order valence-corrected chi connectivity index (χ4v) is 4.28. The molecule has 5 atom stereocenters. The van der Waals surface area contributed by atoms with Crippen LogP contribution < -0.4 is 4.74 Å². The zero-order chi connectivity index (χ0) is 18.7. The molecule has 7 heteroatoms. The Labute approximate surface area is 161 Å². The van der Waals surface area contributed by atoms with E-state index >= 15 is 0 Å². The first-order chi connectivity index (χ1) is 12.5. The van der Waals surface area contributed by atoms with Gasteiger partial charge in [0.2, 0.25) is 0 Å². The number of ether oxygens (including phenoxy) is 1. The fourth-order valence-electron chi connectivity index (χ4n) is 2.79. The summed E-state index contributed by atoms with van der Waals surface area (Å²) in [5, 5.41) is 39.8. The van der Waals surface area contributed by atoms with Crippen LogP contribution in [0.15, 0.2) is 48.5 Å². The molecule has 1 heterocycles. The minimum Gasteiger partial charge on any atom is -0.485 e. The van der Waals surface area contributed by atoms with Gasteiger partial charge in [-0.1, -0.05) is 30.3 Å². The number of thioether (sulfide) groups is 1. The molecule has 0 aromatic heterocycles. The average Bonchev–Trinajstić information content (AvgIpc) is 2.68. The highest BCUT2D eigenvalue weighted by Crippen LogP contribution is 2.35. The van der Waals surface area contributed by atoms with Crippen LogP contribution in [0.2, 0.25) is 0 Å². The Hall–Kier alpha value is -1.69. The molecule has 2 aromatic carbocycles. The van der Waals surface area contributed by atoms with Crippen molar-refractivity contribution in [1.29, 1.82) is 5.26 Å². The van der Waals surface area contributed by atoms with Gasteiger partial charge in [0.05, 0.1) is 22.3 Å². The molecule has 1 unspecified atom stereocenters. The number of benzene rings is 2. The quantitative estimate of drug-likeness (QED) is 0.599. The van der Waals surface area contributed by atoms with Crippen LogP contribution in [0.3, 0.4) is 0 Å². The van der Waals surface area contributed by atoms with Gasteiger partial charge in [-0.15, -0.1) is 11.8 Å². The van der Waals surface area contributed by atoms with Gasteiger partial charge in [0.25, 0.3) is 0 Å². The van der Waals surface area contributed by atoms with Crippen LogP contribution in [-0.2, 0) is 0 Å². The van der Waals surface area contributed by atoms with Gasteiger partial charge in [-0.05, 0) is 23.8 Å². The van der Waals surface area contributed by atoms with E-state index in [4.69, 9.17) is 10.00 Å². The minimum absolute atomic E-state index is 0.298. The SMILES string of the molecule is N#Cc1ccc(C(O)c2ccccc2O[C@@H]2[C@@H](O)[C@H](O)CS[C@H]2S)cc1. The Morgan fingerprint density at radius 2 is 1.85 bits per heavy atom. The zero-order valence-corrected chi connectivity index (χ0v) is 15.5. The van der Waals surface area contributed by atoms with E-state index in [0.29, 0.717) is 28.2 Å². The van der Waals surface area contributed by atoms with Gasteiger partial charge in [0, 0.05) is 11.3 Å². The molecule has 3 rings (SSSR count). The van der Waals surface area contributed by atoms with E-state index in [-0.39, 0.29) is 4.58 Å². The summed E-state index contributed by atoms with van der Waals surface area (Å²) < 4.78 is 5.65. The van der Waals surface area contributed by atoms with Crippen molar-refractivity contribution in [3.63, 3.8) is 0 Å². The number of para-hydroxylation sites is 1. The number of hydrogen-bond donors (Lipinski definition) is 4. The lowest BCUT2D eigenvalue weighted by molar-refractivity contribution is -0.0378. The molecular weight excluding hydrogens is 370 g/mol.